The normalized spacial score (nSPS) is 21.2. The number of amides is 1. The molecule has 2 aliphatic rings. The monoisotopic (exact) mass is 380 g/mol. The molecule has 28 heavy (non-hydrogen) atoms. The van der Waals surface area contributed by atoms with Crippen LogP contribution in [0.15, 0.2) is 42.9 Å². The highest BCUT2D eigenvalue weighted by Crippen LogP contribution is 2.34. The number of benzene rings is 1. The fraction of sp³-hybridized carbons (Fsp3) is 0.429. The average molecular weight is 380 g/mol. The van der Waals surface area contributed by atoms with Crippen LogP contribution in [-0.2, 0) is 4.79 Å². The van der Waals surface area contributed by atoms with Crippen molar-refractivity contribution in [3.8, 4) is 11.3 Å². The zero-order valence-corrected chi connectivity index (χ0v) is 15.6. The second kappa shape index (κ2) is 8.06. The summed E-state index contributed by atoms with van der Waals surface area (Å²) in [6.07, 6.45) is 6.93. The number of hydrogen-bond donors (Lipinski definition) is 2. The first-order valence-corrected chi connectivity index (χ1v) is 9.72. The lowest BCUT2D eigenvalue weighted by Gasteiger charge is -2.42. The minimum absolute atomic E-state index is 0.0526. The highest BCUT2D eigenvalue weighted by molar-refractivity contribution is 5.99. The Hall–Kier alpha value is -2.80. The number of carbonyl (C=O) groups is 2. The molecule has 7 nitrogen and oxygen atoms in total. The number of carboxylic acid groups (broad SMARTS) is 1. The molecule has 0 bridgehead atoms. The van der Waals surface area contributed by atoms with Crippen molar-refractivity contribution in [2.24, 2.45) is 5.92 Å². The summed E-state index contributed by atoms with van der Waals surface area (Å²) in [6, 6.07) is 9.85. The van der Waals surface area contributed by atoms with Crippen molar-refractivity contribution in [2.75, 3.05) is 13.1 Å². The number of carbonyl (C=O) groups excluding carboxylic acids is 1. The summed E-state index contributed by atoms with van der Waals surface area (Å²) < 4.78 is 0. The van der Waals surface area contributed by atoms with E-state index in [0.29, 0.717) is 17.2 Å². The Kier molecular flexibility index (Phi) is 5.34. The molecular weight excluding hydrogens is 356 g/mol. The number of rotatable bonds is 8. The summed E-state index contributed by atoms with van der Waals surface area (Å²) in [4.78, 5) is 34.3. The van der Waals surface area contributed by atoms with Gasteiger partial charge in [-0.25, -0.2) is 9.97 Å². The van der Waals surface area contributed by atoms with Gasteiger partial charge in [0.15, 0.2) is 0 Å². The van der Waals surface area contributed by atoms with E-state index in [0.717, 1.165) is 24.9 Å². The third-order valence-corrected chi connectivity index (χ3v) is 5.50. The second-order valence-corrected chi connectivity index (χ2v) is 7.71. The maximum Gasteiger partial charge on any atom is 0.317 e. The third-order valence-electron chi connectivity index (χ3n) is 5.50. The molecule has 7 heteroatoms. The van der Waals surface area contributed by atoms with Crippen LogP contribution >= 0.6 is 0 Å². The Balaban J connectivity index is 1.37. The van der Waals surface area contributed by atoms with Gasteiger partial charge in [0.05, 0.1) is 17.8 Å². The van der Waals surface area contributed by atoms with E-state index in [4.69, 9.17) is 5.11 Å². The lowest BCUT2D eigenvalue weighted by atomic mass is 9.85. The first-order valence-electron chi connectivity index (χ1n) is 9.72. The molecule has 4 rings (SSSR count). The van der Waals surface area contributed by atoms with Gasteiger partial charge in [-0.2, -0.15) is 0 Å². The van der Waals surface area contributed by atoms with Crippen molar-refractivity contribution in [1.82, 2.24) is 20.2 Å². The van der Waals surface area contributed by atoms with Crippen molar-refractivity contribution in [3.05, 3.63) is 48.4 Å². The van der Waals surface area contributed by atoms with Crippen LogP contribution in [0.3, 0.4) is 0 Å². The fourth-order valence-corrected chi connectivity index (χ4v) is 3.74. The van der Waals surface area contributed by atoms with Crippen molar-refractivity contribution in [3.63, 3.8) is 0 Å². The minimum atomic E-state index is -0.790. The molecule has 2 aromatic rings. The van der Waals surface area contributed by atoms with E-state index >= 15 is 0 Å². The number of aromatic nitrogens is 2. The van der Waals surface area contributed by atoms with E-state index in [1.54, 1.807) is 6.20 Å². The second-order valence-electron chi connectivity index (χ2n) is 7.71. The molecule has 1 aromatic carbocycles. The van der Waals surface area contributed by atoms with E-state index in [1.165, 1.54) is 19.2 Å². The molecule has 2 N–H and O–H groups in total. The fourth-order valence-electron chi connectivity index (χ4n) is 3.74. The van der Waals surface area contributed by atoms with Crippen LogP contribution in [0, 0.1) is 5.92 Å². The van der Waals surface area contributed by atoms with Gasteiger partial charge in [-0.05, 0) is 31.6 Å². The third kappa shape index (κ3) is 4.36. The molecule has 2 saturated carbocycles. The van der Waals surface area contributed by atoms with Crippen LogP contribution in [0.4, 0.5) is 0 Å². The first kappa shape index (κ1) is 18.6. The van der Waals surface area contributed by atoms with E-state index in [-0.39, 0.29) is 24.5 Å². The largest absolute Gasteiger partial charge is 0.480 e. The zero-order chi connectivity index (χ0) is 19.5. The number of aliphatic carboxylic acids is 1. The summed E-state index contributed by atoms with van der Waals surface area (Å²) in [6.45, 7) is 0.925. The van der Waals surface area contributed by atoms with Crippen molar-refractivity contribution in [2.45, 2.75) is 37.8 Å². The van der Waals surface area contributed by atoms with Crippen LogP contribution in [0.25, 0.3) is 11.3 Å². The van der Waals surface area contributed by atoms with Crippen LogP contribution in [0.5, 0.6) is 0 Å². The summed E-state index contributed by atoms with van der Waals surface area (Å²) in [7, 11) is 0. The van der Waals surface area contributed by atoms with Gasteiger partial charge in [0, 0.05) is 30.4 Å². The molecule has 1 aromatic heterocycles. The van der Waals surface area contributed by atoms with Gasteiger partial charge in [0.2, 0.25) is 0 Å². The minimum Gasteiger partial charge on any atom is -0.480 e. The zero-order valence-electron chi connectivity index (χ0n) is 15.6. The molecule has 146 valence electrons. The Morgan fingerprint density at radius 1 is 1.18 bits per heavy atom. The molecule has 0 unspecified atom stereocenters. The molecule has 2 aliphatic carbocycles. The molecular formula is C21H24N4O3. The average Bonchev–Trinajstić information content (AvgIpc) is 3.48. The lowest BCUT2D eigenvalue weighted by Crippen LogP contribution is -2.55. The number of nitrogens with zero attached hydrogens (tertiary/aromatic N) is 3. The van der Waals surface area contributed by atoms with Gasteiger partial charge in [-0.1, -0.05) is 30.3 Å². The highest BCUT2D eigenvalue weighted by atomic mass is 16.4. The molecule has 1 heterocycles. The summed E-state index contributed by atoms with van der Waals surface area (Å²) in [5.41, 5.74) is 1.95. The number of hydrogen-bond acceptors (Lipinski definition) is 5. The molecule has 0 atom stereocenters. The number of carboxylic acids is 1. The van der Waals surface area contributed by atoms with Gasteiger partial charge in [-0.3, -0.25) is 14.5 Å². The Morgan fingerprint density at radius 3 is 2.61 bits per heavy atom. The highest BCUT2D eigenvalue weighted by Gasteiger charge is 2.38. The van der Waals surface area contributed by atoms with Crippen LogP contribution in [-0.4, -0.2) is 57.0 Å². The molecule has 0 aliphatic heterocycles. The maximum absolute atomic E-state index is 12.8. The van der Waals surface area contributed by atoms with E-state index in [2.05, 4.69) is 20.2 Å². The van der Waals surface area contributed by atoms with Crippen molar-refractivity contribution in [1.29, 1.82) is 0 Å². The Labute approximate surface area is 163 Å². The first-order chi connectivity index (χ1) is 13.6. The quantitative estimate of drug-likeness (QED) is 0.729. The lowest BCUT2D eigenvalue weighted by molar-refractivity contribution is -0.139. The van der Waals surface area contributed by atoms with Crippen LogP contribution in [0.1, 0.15) is 36.0 Å². The van der Waals surface area contributed by atoms with Crippen LogP contribution in [0.2, 0.25) is 0 Å². The van der Waals surface area contributed by atoms with Crippen LogP contribution < -0.4 is 5.32 Å². The Morgan fingerprint density at radius 2 is 1.93 bits per heavy atom. The van der Waals surface area contributed by atoms with E-state index in [9.17, 15) is 9.59 Å². The molecule has 0 radical (unpaired) electrons. The van der Waals surface area contributed by atoms with Crippen molar-refractivity contribution >= 4 is 11.9 Å². The van der Waals surface area contributed by atoms with Gasteiger partial charge in [0.25, 0.3) is 5.91 Å². The SMILES string of the molecule is O=C(O)CN(CC1CC1)C1CC(NC(=O)c2cncnc2-c2ccccc2)C1. The predicted molar refractivity (Wildman–Crippen MR) is 104 cm³/mol. The van der Waals surface area contributed by atoms with E-state index in [1.807, 2.05) is 30.3 Å². The number of nitrogens with one attached hydrogen (secondary N) is 1. The summed E-state index contributed by atoms with van der Waals surface area (Å²) in [5, 5.41) is 12.2. The molecule has 0 spiro atoms. The summed E-state index contributed by atoms with van der Waals surface area (Å²) in [5.74, 6) is -0.333. The standard InChI is InChI=1S/C21H24N4O3/c26-19(27)12-25(11-14-6-7-14)17-8-16(9-17)24-21(28)18-10-22-13-23-20(18)15-4-2-1-3-5-15/h1-5,10,13-14,16-17H,6-9,11-12H2,(H,24,28)(H,26,27). The van der Waals surface area contributed by atoms with E-state index < -0.39 is 5.97 Å². The van der Waals surface area contributed by atoms with Gasteiger partial charge in [0.1, 0.15) is 6.33 Å². The Bertz CT molecular complexity index is 848. The predicted octanol–water partition coefficient (Wildman–Crippen LogP) is 2.20. The van der Waals surface area contributed by atoms with Gasteiger partial charge in [-0.15, -0.1) is 0 Å². The summed E-state index contributed by atoms with van der Waals surface area (Å²) >= 11 is 0. The van der Waals surface area contributed by atoms with Gasteiger partial charge < -0.3 is 10.4 Å². The van der Waals surface area contributed by atoms with Gasteiger partial charge >= 0.3 is 5.97 Å². The smallest absolute Gasteiger partial charge is 0.317 e. The molecule has 2 fully saturated rings. The maximum atomic E-state index is 12.8. The van der Waals surface area contributed by atoms with Crippen molar-refractivity contribution < 1.29 is 14.7 Å². The molecule has 1 amide bonds. The molecule has 0 saturated heterocycles. The topological polar surface area (TPSA) is 95.4 Å².